The average molecular weight is 283 g/mol. The lowest BCUT2D eigenvalue weighted by atomic mass is 10.1. The summed E-state index contributed by atoms with van der Waals surface area (Å²) in [6.45, 7) is 0. The van der Waals surface area contributed by atoms with E-state index >= 15 is 0 Å². The summed E-state index contributed by atoms with van der Waals surface area (Å²) in [6.07, 6.45) is 1.71. The van der Waals surface area contributed by atoms with Crippen LogP contribution in [0.1, 0.15) is 5.56 Å². The van der Waals surface area contributed by atoms with Crippen molar-refractivity contribution >= 4 is 39.7 Å². The van der Waals surface area contributed by atoms with Gasteiger partial charge >= 0.3 is 0 Å². The molecule has 1 aromatic carbocycles. The molecule has 0 aliphatic rings. The number of thiocarbonyl (C=S) groups is 1. The third kappa shape index (κ3) is 2.21. The van der Waals surface area contributed by atoms with Gasteiger partial charge in [0.25, 0.3) is 0 Å². The van der Waals surface area contributed by atoms with E-state index in [4.69, 9.17) is 18.0 Å². The van der Waals surface area contributed by atoms with E-state index in [9.17, 15) is 0 Å². The van der Waals surface area contributed by atoms with Gasteiger partial charge in [-0.1, -0.05) is 30.4 Å². The van der Waals surface area contributed by atoms with Crippen LogP contribution in [-0.2, 0) is 7.05 Å². The second-order valence-electron chi connectivity index (χ2n) is 4.41. The maximum atomic E-state index is 5.80. The normalized spacial score (nSPS) is 10.7. The Labute approximate surface area is 121 Å². The summed E-state index contributed by atoms with van der Waals surface area (Å²) < 4.78 is 1.72. The fourth-order valence-corrected chi connectivity index (χ4v) is 2.17. The maximum absolute atomic E-state index is 5.80. The number of hydrogen-bond acceptors (Lipinski definition) is 4. The molecular weight excluding hydrogens is 270 g/mol. The van der Waals surface area contributed by atoms with Gasteiger partial charge in [0.05, 0.1) is 17.3 Å². The molecular formula is C14H13N5S. The molecule has 0 saturated carbocycles. The zero-order valence-corrected chi connectivity index (χ0v) is 11.7. The Morgan fingerprint density at radius 1 is 1.30 bits per heavy atom. The molecule has 0 bridgehead atoms. The van der Waals surface area contributed by atoms with Crippen LogP contribution in [-0.4, -0.2) is 19.8 Å². The topological polar surface area (TPSA) is 68.8 Å². The van der Waals surface area contributed by atoms with Crippen molar-refractivity contribution in [2.75, 3.05) is 5.32 Å². The summed E-state index contributed by atoms with van der Waals surface area (Å²) in [5.74, 6) is 1.46. The Hall–Kier alpha value is -2.47. The highest BCUT2D eigenvalue weighted by atomic mass is 32.1. The predicted octanol–water partition coefficient (Wildman–Crippen LogP) is 2.35. The smallest absolute Gasteiger partial charge is 0.142 e. The number of nitrogens with zero attached hydrogens (tertiary/aromatic N) is 3. The van der Waals surface area contributed by atoms with Crippen molar-refractivity contribution < 1.29 is 0 Å². The molecule has 6 heteroatoms. The van der Waals surface area contributed by atoms with Crippen LogP contribution in [0.3, 0.4) is 0 Å². The highest BCUT2D eigenvalue weighted by molar-refractivity contribution is 7.80. The number of nitrogens with one attached hydrogen (secondary N) is 1. The zero-order valence-electron chi connectivity index (χ0n) is 10.9. The molecule has 5 nitrogen and oxygen atoms in total. The molecule has 0 unspecified atom stereocenters. The summed E-state index contributed by atoms with van der Waals surface area (Å²) in [5, 5.41) is 8.33. The third-order valence-electron chi connectivity index (χ3n) is 3.06. The fraction of sp³-hybridized carbons (Fsp3) is 0.0714. The number of anilines is 2. The Morgan fingerprint density at radius 2 is 2.10 bits per heavy atom. The molecule has 100 valence electrons. The summed E-state index contributed by atoms with van der Waals surface area (Å²) in [7, 11) is 1.85. The second-order valence-corrected chi connectivity index (χ2v) is 4.85. The van der Waals surface area contributed by atoms with Crippen molar-refractivity contribution in [2.24, 2.45) is 12.8 Å². The van der Waals surface area contributed by atoms with E-state index in [-0.39, 0.29) is 0 Å². The van der Waals surface area contributed by atoms with Crippen LogP contribution in [0, 0.1) is 0 Å². The van der Waals surface area contributed by atoms with Gasteiger partial charge in [-0.2, -0.15) is 5.10 Å². The number of aromatic nitrogens is 3. The minimum atomic E-state index is 0.313. The number of nitrogens with two attached hydrogens (primary N) is 1. The van der Waals surface area contributed by atoms with E-state index in [0.717, 1.165) is 22.3 Å². The molecule has 3 rings (SSSR count). The molecule has 20 heavy (non-hydrogen) atoms. The average Bonchev–Trinajstić information content (AvgIpc) is 2.83. The Kier molecular flexibility index (Phi) is 3.08. The highest BCUT2D eigenvalue weighted by Crippen LogP contribution is 2.23. The van der Waals surface area contributed by atoms with Crippen molar-refractivity contribution in [3.63, 3.8) is 0 Å². The minimum Gasteiger partial charge on any atom is -0.389 e. The first-order valence-corrected chi connectivity index (χ1v) is 6.50. The summed E-state index contributed by atoms with van der Waals surface area (Å²) in [4.78, 5) is 4.91. The van der Waals surface area contributed by atoms with Crippen molar-refractivity contribution in [3.8, 4) is 0 Å². The van der Waals surface area contributed by atoms with Gasteiger partial charge < -0.3 is 11.1 Å². The van der Waals surface area contributed by atoms with Crippen LogP contribution in [0.15, 0.2) is 42.6 Å². The molecule has 2 aromatic heterocycles. The van der Waals surface area contributed by atoms with Crippen LogP contribution < -0.4 is 11.1 Å². The van der Waals surface area contributed by atoms with Crippen LogP contribution in [0.5, 0.6) is 0 Å². The van der Waals surface area contributed by atoms with Crippen LogP contribution in [0.2, 0.25) is 0 Å². The number of fused-ring (bicyclic) bond motifs is 1. The SMILES string of the molecule is Cn1nccc1Nc1nc2ccccc2cc1C(N)=S. The first kappa shape index (κ1) is 12.6. The predicted molar refractivity (Wildman–Crippen MR) is 84.1 cm³/mol. The summed E-state index contributed by atoms with van der Waals surface area (Å²) >= 11 is 5.12. The Morgan fingerprint density at radius 3 is 2.80 bits per heavy atom. The van der Waals surface area contributed by atoms with Crippen molar-refractivity contribution in [3.05, 3.63) is 48.2 Å². The quantitative estimate of drug-likeness (QED) is 0.722. The summed E-state index contributed by atoms with van der Waals surface area (Å²) in [5.41, 5.74) is 7.41. The third-order valence-corrected chi connectivity index (χ3v) is 3.28. The number of hydrogen-bond donors (Lipinski definition) is 2. The van der Waals surface area contributed by atoms with Crippen LogP contribution >= 0.6 is 12.2 Å². The lowest BCUT2D eigenvalue weighted by Crippen LogP contribution is -2.14. The van der Waals surface area contributed by atoms with Crippen molar-refractivity contribution in [2.45, 2.75) is 0 Å². The summed E-state index contributed by atoms with van der Waals surface area (Å²) in [6, 6.07) is 11.7. The monoisotopic (exact) mass is 283 g/mol. The molecule has 3 N–H and O–H groups in total. The molecule has 0 aliphatic heterocycles. The number of pyridine rings is 1. The second kappa shape index (κ2) is 4.90. The Bertz CT molecular complexity index is 793. The first-order valence-electron chi connectivity index (χ1n) is 6.10. The van der Waals surface area contributed by atoms with Gasteiger partial charge in [-0.05, 0) is 12.1 Å². The number of benzene rings is 1. The maximum Gasteiger partial charge on any atom is 0.142 e. The molecule has 0 atom stereocenters. The van der Waals surface area contributed by atoms with E-state index in [1.54, 1.807) is 10.9 Å². The number of para-hydroxylation sites is 1. The lowest BCUT2D eigenvalue weighted by Gasteiger charge is -2.11. The minimum absolute atomic E-state index is 0.313. The molecule has 3 aromatic rings. The molecule has 0 radical (unpaired) electrons. The number of aryl methyl sites for hydroxylation is 1. The van der Waals surface area contributed by atoms with E-state index in [0.29, 0.717) is 10.8 Å². The Balaban J connectivity index is 2.14. The van der Waals surface area contributed by atoms with E-state index in [1.165, 1.54) is 0 Å². The van der Waals surface area contributed by atoms with Gasteiger partial charge in [0.2, 0.25) is 0 Å². The van der Waals surface area contributed by atoms with E-state index in [1.807, 2.05) is 43.4 Å². The highest BCUT2D eigenvalue weighted by Gasteiger charge is 2.10. The molecule has 0 aliphatic carbocycles. The molecule has 0 saturated heterocycles. The molecule has 0 spiro atoms. The molecule has 0 fully saturated rings. The standard InChI is InChI=1S/C14H13N5S/c1-19-12(6-7-16-19)18-14-10(13(15)20)8-9-4-2-3-5-11(9)17-14/h2-8H,1H3,(H2,15,20)(H,17,18). The van der Waals surface area contributed by atoms with E-state index < -0.39 is 0 Å². The number of rotatable bonds is 3. The van der Waals surface area contributed by atoms with Gasteiger partial charge in [0.15, 0.2) is 0 Å². The first-order chi connectivity index (χ1) is 9.65. The van der Waals surface area contributed by atoms with Gasteiger partial charge in [-0.25, -0.2) is 4.98 Å². The van der Waals surface area contributed by atoms with Gasteiger partial charge in [0.1, 0.15) is 16.6 Å². The van der Waals surface area contributed by atoms with Crippen LogP contribution in [0.25, 0.3) is 10.9 Å². The van der Waals surface area contributed by atoms with Gasteiger partial charge in [-0.15, -0.1) is 0 Å². The fourth-order valence-electron chi connectivity index (χ4n) is 2.02. The van der Waals surface area contributed by atoms with Crippen molar-refractivity contribution in [1.29, 1.82) is 0 Å². The molecule has 2 heterocycles. The lowest BCUT2D eigenvalue weighted by molar-refractivity contribution is 0.776. The van der Waals surface area contributed by atoms with Gasteiger partial charge in [-0.3, -0.25) is 4.68 Å². The zero-order chi connectivity index (χ0) is 14.1. The van der Waals surface area contributed by atoms with Crippen molar-refractivity contribution in [1.82, 2.24) is 14.8 Å². The van der Waals surface area contributed by atoms with Gasteiger partial charge in [0, 0.05) is 18.5 Å². The van der Waals surface area contributed by atoms with E-state index in [2.05, 4.69) is 15.4 Å². The van der Waals surface area contributed by atoms with Crippen LogP contribution in [0.4, 0.5) is 11.6 Å². The largest absolute Gasteiger partial charge is 0.389 e. The molecule has 0 amide bonds.